The third-order valence-electron chi connectivity index (χ3n) is 5.40. The van der Waals surface area contributed by atoms with Crippen LogP contribution >= 0.6 is 11.6 Å². The molecule has 5 nitrogen and oxygen atoms in total. The highest BCUT2D eigenvalue weighted by atomic mass is 35.5. The lowest BCUT2D eigenvalue weighted by atomic mass is 9.99. The zero-order valence-electron chi connectivity index (χ0n) is 16.9. The van der Waals surface area contributed by atoms with E-state index in [9.17, 15) is 9.59 Å². The molecule has 30 heavy (non-hydrogen) atoms. The molecule has 1 aliphatic rings. The van der Waals surface area contributed by atoms with E-state index in [0.29, 0.717) is 10.6 Å². The van der Waals surface area contributed by atoms with Crippen LogP contribution in [0.2, 0.25) is 5.02 Å². The van der Waals surface area contributed by atoms with Crippen molar-refractivity contribution < 1.29 is 9.59 Å². The number of hydrogen-bond donors (Lipinski definition) is 1. The SMILES string of the molecule is CNC(=O)CN(C)C(=O)c1c2c(nc3ccccc13)/C(=C/c1ccccc1Cl)CC2. The lowest BCUT2D eigenvalue weighted by Crippen LogP contribution is -2.37. The summed E-state index contributed by atoms with van der Waals surface area (Å²) in [4.78, 5) is 31.5. The lowest BCUT2D eigenvalue weighted by molar-refractivity contribution is -0.121. The maximum absolute atomic E-state index is 13.4. The van der Waals surface area contributed by atoms with Crippen LogP contribution in [0.5, 0.6) is 0 Å². The van der Waals surface area contributed by atoms with E-state index in [0.717, 1.165) is 46.1 Å². The summed E-state index contributed by atoms with van der Waals surface area (Å²) in [5.41, 5.74) is 5.16. The molecule has 2 amide bonds. The minimum atomic E-state index is -0.208. The molecular weight excluding hydrogens is 398 g/mol. The molecule has 3 aromatic rings. The molecule has 0 spiro atoms. The average Bonchev–Trinajstić information content (AvgIpc) is 3.15. The van der Waals surface area contributed by atoms with Gasteiger partial charge in [-0.05, 0) is 47.8 Å². The number of nitrogens with zero attached hydrogens (tertiary/aromatic N) is 2. The van der Waals surface area contributed by atoms with Crippen LogP contribution in [0.25, 0.3) is 22.6 Å². The van der Waals surface area contributed by atoms with Crippen LogP contribution in [0, 0.1) is 0 Å². The second kappa shape index (κ2) is 8.28. The average molecular weight is 420 g/mol. The summed E-state index contributed by atoms with van der Waals surface area (Å²) in [5, 5.41) is 4.06. The van der Waals surface area contributed by atoms with Crippen molar-refractivity contribution in [3.05, 3.63) is 75.9 Å². The Balaban J connectivity index is 1.85. The van der Waals surface area contributed by atoms with E-state index in [1.54, 1.807) is 14.1 Å². The Labute approximate surface area is 180 Å². The van der Waals surface area contributed by atoms with Gasteiger partial charge < -0.3 is 10.2 Å². The van der Waals surface area contributed by atoms with Crippen LogP contribution in [-0.2, 0) is 11.2 Å². The molecule has 152 valence electrons. The van der Waals surface area contributed by atoms with E-state index < -0.39 is 0 Å². The smallest absolute Gasteiger partial charge is 0.255 e. The number of aromatic nitrogens is 1. The predicted molar refractivity (Wildman–Crippen MR) is 120 cm³/mol. The van der Waals surface area contributed by atoms with Crippen LogP contribution in [0.3, 0.4) is 0 Å². The third kappa shape index (κ3) is 3.68. The molecule has 4 rings (SSSR count). The number of pyridine rings is 1. The van der Waals surface area contributed by atoms with E-state index in [4.69, 9.17) is 16.6 Å². The number of rotatable bonds is 4. The van der Waals surface area contributed by atoms with Crippen molar-refractivity contribution in [3.63, 3.8) is 0 Å². The molecule has 1 aliphatic carbocycles. The number of carbonyl (C=O) groups is 2. The number of fused-ring (bicyclic) bond motifs is 2. The molecule has 0 aliphatic heterocycles. The van der Waals surface area contributed by atoms with Crippen molar-refractivity contribution in [2.75, 3.05) is 20.6 Å². The van der Waals surface area contributed by atoms with Gasteiger partial charge in [0.25, 0.3) is 5.91 Å². The van der Waals surface area contributed by atoms with Gasteiger partial charge in [0.15, 0.2) is 0 Å². The molecule has 0 radical (unpaired) electrons. The van der Waals surface area contributed by atoms with Crippen molar-refractivity contribution in [2.24, 2.45) is 0 Å². The Hall–Kier alpha value is -3.18. The normalized spacial score (nSPS) is 14.0. The number of para-hydroxylation sites is 1. The van der Waals surface area contributed by atoms with Crippen LogP contribution in [0.1, 0.15) is 33.6 Å². The molecule has 2 aromatic carbocycles. The van der Waals surface area contributed by atoms with Crippen molar-refractivity contribution in [1.82, 2.24) is 15.2 Å². The van der Waals surface area contributed by atoms with Gasteiger partial charge in [-0.3, -0.25) is 9.59 Å². The zero-order chi connectivity index (χ0) is 21.3. The van der Waals surface area contributed by atoms with Crippen LogP contribution in [-0.4, -0.2) is 42.3 Å². The molecule has 1 N–H and O–H groups in total. The molecule has 1 heterocycles. The lowest BCUT2D eigenvalue weighted by Gasteiger charge is -2.19. The molecule has 0 saturated heterocycles. The summed E-state index contributed by atoms with van der Waals surface area (Å²) >= 11 is 6.35. The second-order valence-electron chi connectivity index (χ2n) is 7.36. The van der Waals surface area contributed by atoms with E-state index >= 15 is 0 Å². The summed E-state index contributed by atoms with van der Waals surface area (Å²) in [5.74, 6) is -0.382. The quantitative estimate of drug-likeness (QED) is 0.689. The maximum Gasteiger partial charge on any atom is 0.255 e. The molecule has 0 saturated carbocycles. The fraction of sp³-hybridized carbons (Fsp3) is 0.208. The van der Waals surface area contributed by atoms with Crippen LogP contribution in [0.4, 0.5) is 0 Å². The summed E-state index contributed by atoms with van der Waals surface area (Å²) < 4.78 is 0. The molecule has 0 unspecified atom stereocenters. The number of benzene rings is 2. The van der Waals surface area contributed by atoms with E-state index in [1.165, 1.54) is 4.90 Å². The first-order chi connectivity index (χ1) is 14.5. The van der Waals surface area contributed by atoms with Gasteiger partial charge in [-0.25, -0.2) is 4.98 Å². The van der Waals surface area contributed by atoms with E-state index in [-0.39, 0.29) is 18.4 Å². The highest BCUT2D eigenvalue weighted by Gasteiger charge is 2.28. The summed E-state index contributed by atoms with van der Waals surface area (Å²) in [6.07, 6.45) is 3.56. The third-order valence-corrected chi connectivity index (χ3v) is 5.74. The van der Waals surface area contributed by atoms with Crippen molar-refractivity contribution in [3.8, 4) is 0 Å². The predicted octanol–water partition coefficient (Wildman–Crippen LogP) is 4.19. The fourth-order valence-corrected chi connectivity index (χ4v) is 4.05. The summed E-state index contributed by atoms with van der Waals surface area (Å²) in [6.45, 7) is 0.00305. The van der Waals surface area contributed by atoms with Crippen LogP contribution in [0.15, 0.2) is 48.5 Å². The minimum Gasteiger partial charge on any atom is -0.358 e. The molecular formula is C24H22ClN3O2. The highest BCUT2D eigenvalue weighted by Crippen LogP contribution is 2.38. The minimum absolute atomic E-state index is 0.00305. The number of allylic oxidation sites excluding steroid dienone is 1. The molecule has 0 atom stereocenters. The Kier molecular flexibility index (Phi) is 5.55. The van der Waals surface area contributed by atoms with Gasteiger partial charge in [-0.2, -0.15) is 0 Å². The number of halogens is 1. The van der Waals surface area contributed by atoms with Crippen molar-refractivity contribution in [2.45, 2.75) is 12.8 Å². The van der Waals surface area contributed by atoms with Gasteiger partial charge in [-0.15, -0.1) is 0 Å². The first kappa shape index (κ1) is 20.1. The van der Waals surface area contributed by atoms with Crippen molar-refractivity contribution in [1.29, 1.82) is 0 Å². The zero-order valence-corrected chi connectivity index (χ0v) is 17.7. The van der Waals surface area contributed by atoms with Crippen molar-refractivity contribution >= 4 is 46.0 Å². The van der Waals surface area contributed by atoms with E-state index in [1.807, 2.05) is 48.5 Å². The van der Waals surface area contributed by atoms with Gasteiger partial charge in [0.05, 0.1) is 23.3 Å². The van der Waals surface area contributed by atoms with Gasteiger partial charge >= 0.3 is 0 Å². The number of likely N-dealkylation sites (N-methyl/N-ethyl adjacent to an activating group) is 2. The fourth-order valence-electron chi connectivity index (χ4n) is 3.86. The number of amides is 2. The van der Waals surface area contributed by atoms with Gasteiger partial charge in [0, 0.05) is 24.5 Å². The molecule has 0 fully saturated rings. The second-order valence-corrected chi connectivity index (χ2v) is 7.76. The summed E-state index contributed by atoms with van der Waals surface area (Å²) in [6, 6.07) is 15.3. The molecule has 1 aromatic heterocycles. The molecule has 6 heteroatoms. The monoisotopic (exact) mass is 419 g/mol. The van der Waals surface area contributed by atoms with E-state index in [2.05, 4.69) is 11.4 Å². The number of nitrogens with one attached hydrogen (secondary N) is 1. The first-order valence-electron chi connectivity index (χ1n) is 9.82. The largest absolute Gasteiger partial charge is 0.358 e. The Morgan fingerprint density at radius 2 is 1.87 bits per heavy atom. The Morgan fingerprint density at radius 1 is 1.13 bits per heavy atom. The van der Waals surface area contributed by atoms with Gasteiger partial charge in [0.1, 0.15) is 0 Å². The topological polar surface area (TPSA) is 62.3 Å². The summed E-state index contributed by atoms with van der Waals surface area (Å²) in [7, 11) is 3.21. The number of hydrogen-bond acceptors (Lipinski definition) is 3. The van der Waals surface area contributed by atoms with Crippen LogP contribution < -0.4 is 5.32 Å². The number of carbonyl (C=O) groups excluding carboxylic acids is 2. The maximum atomic E-state index is 13.4. The van der Waals surface area contributed by atoms with Gasteiger partial charge in [0.2, 0.25) is 5.91 Å². The Bertz CT molecular complexity index is 1190. The Morgan fingerprint density at radius 3 is 2.63 bits per heavy atom. The highest BCUT2D eigenvalue weighted by molar-refractivity contribution is 6.32. The standard InChI is InChI=1S/C24H22ClN3O2/c1-26-21(29)14-28(2)24(30)22-17-8-4-6-10-20(17)27-23-16(11-12-18(22)23)13-15-7-3-5-9-19(15)25/h3-10,13H,11-12,14H2,1-2H3,(H,26,29)/b16-13+. The molecule has 0 bridgehead atoms. The van der Waals surface area contributed by atoms with Gasteiger partial charge in [-0.1, -0.05) is 48.0 Å². The first-order valence-corrected chi connectivity index (χ1v) is 10.2.